The Morgan fingerprint density at radius 3 is 2.52 bits per heavy atom. The Morgan fingerprint density at radius 1 is 1.28 bits per heavy atom. The standard InChI is InChI=1S/C17H22N6O2/c1-10-13(11(2)22-17(18)21-10)7-16(25)23-5-3-12(4-6-23)14-8-15(24)20-9-19-14/h8-9,12H,3-7H2,1-2H3,(H2,18,21,22)(H,19,20,24). The minimum atomic E-state index is -0.141. The number of nitrogens with zero attached hydrogens (tertiary/aromatic N) is 4. The van der Waals surface area contributed by atoms with Crippen molar-refractivity contribution in [3.05, 3.63) is 45.4 Å². The molecule has 1 saturated heterocycles. The molecule has 0 aromatic carbocycles. The summed E-state index contributed by atoms with van der Waals surface area (Å²) in [5, 5.41) is 0. The lowest BCUT2D eigenvalue weighted by Gasteiger charge is -2.32. The van der Waals surface area contributed by atoms with Crippen LogP contribution in [0.15, 0.2) is 17.2 Å². The van der Waals surface area contributed by atoms with E-state index in [4.69, 9.17) is 5.73 Å². The van der Waals surface area contributed by atoms with Gasteiger partial charge in [-0.25, -0.2) is 15.0 Å². The van der Waals surface area contributed by atoms with Crippen LogP contribution in [0.2, 0.25) is 0 Å². The van der Waals surface area contributed by atoms with Crippen molar-refractivity contribution in [1.29, 1.82) is 0 Å². The average molecular weight is 342 g/mol. The number of piperidine rings is 1. The van der Waals surface area contributed by atoms with Crippen molar-refractivity contribution in [1.82, 2.24) is 24.8 Å². The number of amides is 1. The number of hydrogen-bond donors (Lipinski definition) is 2. The number of aromatic nitrogens is 4. The van der Waals surface area contributed by atoms with E-state index in [1.165, 1.54) is 6.33 Å². The molecule has 1 fully saturated rings. The zero-order chi connectivity index (χ0) is 18.0. The number of aromatic amines is 1. The van der Waals surface area contributed by atoms with Gasteiger partial charge < -0.3 is 15.6 Å². The lowest BCUT2D eigenvalue weighted by atomic mass is 9.93. The second-order valence-electron chi connectivity index (χ2n) is 6.40. The summed E-state index contributed by atoms with van der Waals surface area (Å²) in [5.74, 6) is 0.518. The Labute approximate surface area is 145 Å². The molecular formula is C17H22N6O2. The first-order chi connectivity index (χ1) is 11.9. The molecule has 0 saturated carbocycles. The molecule has 0 atom stereocenters. The van der Waals surface area contributed by atoms with Gasteiger partial charge in [-0.05, 0) is 26.7 Å². The molecule has 3 rings (SSSR count). The summed E-state index contributed by atoms with van der Waals surface area (Å²) in [7, 11) is 0. The molecule has 8 heteroatoms. The first-order valence-electron chi connectivity index (χ1n) is 8.36. The highest BCUT2D eigenvalue weighted by molar-refractivity contribution is 5.79. The molecular weight excluding hydrogens is 320 g/mol. The molecule has 0 bridgehead atoms. The van der Waals surface area contributed by atoms with E-state index in [1.807, 2.05) is 18.7 Å². The summed E-state index contributed by atoms with van der Waals surface area (Å²) in [6, 6.07) is 1.54. The molecule has 3 heterocycles. The maximum Gasteiger partial charge on any atom is 0.250 e. The Bertz CT molecular complexity index is 816. The fourth-order valence-corrected chi connectivity index (χ4v) is 3.32. The maximum absolute atomic E-state index is 12.6. The van der Waals surface area contributed by atoms with Gasteiger partial charge >= 0.3 is 0 Å². The van der Waals surface area contributed by atoms with Crippen LogP contribution >= 0.6 is 0 Å². The number of H-pyrrole nitrogens is 1. The molecule has 0 unspecified atom stereocenters. The second kappa shape index (κ2) is 7.00. The quantitative estimate of drug-likeness (QED) is 0.848. The molecule has 0 aliphatic carbocycles. The van der Waals surface area contributed by atoms with Gasteiger partial charge in [0.05, 0.1) is 18.4 Å². The van der Waals surface area contributed by atoms with Crippen molar-refractivity contribution in [3.63, 3.8) is 0 Å². The molecule has 0 spiro atoms. The third kappa shape index (κ3) is 3.84. The number of likely N-dealkylation sites (tertiary alicyclic amines) is 1. The number of anilines is 1. The third-order valence-electron chi connectivity index (χ3n) is 4.73. The van der Waals surface area contributed by atoms with Gasteiger partial charge in [-0.2, -0.15) is 0 Å². The van der Waals surface area contributed by atoms with Crippen LogP contribution in [0, 0.1) is 13.8 Å². The van der Waals surface area contributed by atoms with Crippen LogP contribution in [0.3, 0.4) is 0 Å². The first kappa shape index (κ1) is 17.1. The van der Waals surface area contributed by atoms with E-state index in [-0.39, 0.29) is 29.8 Å². The summed E-state index contributed by atoms with van der Waals surface area (Å²) in [4.78, 5) is 41.0. The van der Waals surface area contributed by atoms with Gasteiger partial charge in [0.15, 0.2) is 0 Å². The van der Waals surface area contributed by atoms with Crippen molar-refractivity contribution < 1.29 is 4.79 Å². The zero-order valence-corrected chi connectivity index (χ0v) is 14.5. The highest BCUT2D eigenvalue weighted by Gasteiger charge is 2.25. The van der Waals surface area contributed by atoms with Crippen LogP contribution in [0.25, 0.3) is 0 Å². The Morgan fingerprint density at radius 2 is 1.92 bits per heavy atom. The van der Waals surface area contributed by atoms with E-state index >= 15 is 0 Å². The average Bonchev–Trinajstić information content (AvgIpc) is 2.58. The highest BCUT2D eigenvalue weighted by atomic mass is 16.2. The van der Waals surface area contributed by atoms with Crippen LogP contribution in [0.4, 0.5) is 5.95 Å². The molecule has 1 amide bonds. The van der Waals surface area contributed by atoms with Crippen LogP contribution < -0.4 is 11.3 Å². The van der Waals surface area contributed by atoms with E-state index in [9.17, 15) is 9.59 Å². The fourth-order valence-electron chi connectivity index (χ4n) is 3.32. The van der Waals surface area contributed by atoms with E-state index < -0.39 is 0 Å². The van der Waals surface area contributed by atoms with Gasteiger partial charge in [-0.3, -0.25) is 9.59 Å². The van der Waals surface area contributed by atoms with Crippen molar-refractivity contribution in [2.45, 2.75) is 39.0 Å². The van der Waals surface area contributed by atoms with Gasteiger partial charge in [0.1, 0.15) is 0 Å². The van der Waals surface area contributed by atoms with E-state index in [1.54, 1.807) is 6.07 Å². The maximum atomic E-state index is 12.6. The van der Waals surface area contributed by atoms with Gasteiger partial charge in [0.25, 0.3) is 5.56 Å². The summed E-state index contributed by atoms with van der Waals surface area (Å²) < 4.78 is 0. The van der Waals surface area contributed by atoms with Crippen LogP contribution in [0.5, 0.6) is 0 Å². The Hall–Kier alpha value is -2.77. The molecule has 2 aromatic rings. The monoisotopic (exact) mass is 342 g/mol. The summed E-state index contributed by atoms with van der Waals surface area (Å²) in [6.07, 6.45) is 3.32. The molecule has 8 nitrogen and oxygen atoms in total. The molecule has 1 aliphatic rings. The summed E-state index contributed by atoms with van der Waals surface area (Å²) >= 11 is 0. The Balaban J connectivity index is 1.63. The van der Waals surface area contributed by atoms with E-state index in [0.717, 1.165) is 35.5 Å². The van der Waals surface area contributed by atoms with Crippen molar-refractivity contribution in [3.8, 4) is 0 Å². The van der Waals surface area contributed by atoms with Crippen LogP contribution in [-0.4, -0.2) is 43.8 Å². The largest absolute Gasteiger partial charge is 0.368 e. The predicted octanol–water partition coefficient (Wildman–Crippen LogP) is 0.708. The lowest BCUT2D eigenvalue weighted by Crippen LogP contribution is -2.39. The zero-order valence-electron chi connectivity index (χ0n) is 14.5. The third-order valence-corrected chi connectivity index (χ3v) is 4.73. The first-order valence-corrected chi connectivity index (χ1v) is 8.36. The number of carbonyl (C=O) groups excluding carboxylic acids is 1. The van der Waals surface area contributed by atoms with Crippen LogP contribution in [0.1, 0.15) is 41.4 Å². The lowest BCUT2D eigenvalue weighted by molar-refractivity contribution is -0.131. The number of nitrogens with two attached hydrogens (primary N) is 1. The minimum absolute atomic E-state index is 0.0666. The smallest absolute Gasteiger partial charge is 0.250 e. The predicted molar refractivity (Wildman–Crippen MR) is 93.0 cm³/mol. The van der Waals surface area contributed by atoms with Gasteiger partial charge in [0, 0.05) is 42.0 Å². The molecule has 0 radical (unpaired) electrons. The molecule has 25 heavy (non-hydrogen) atoms. The number of nitrogen functional groups attached to an aromatic ring is 1. The van der Waals surface area contributed by atoms with Crippen molar-refractivity contribution in [2.75, 3.05) is 18.8 Å². The fraction of sp³-hybridized carbons (Fsp3) is 0.471. The normalized spacial score (nSPS) is 15.4. The summed E-state index contributed by atoms with van der Waals surface area (Å²) in [5.41, 5.74) is 8.64. The van der Waals surface area contributed by atoms with Crippen LogP contribution in [-0.2, 0) is 11.2 Å². The molecule has 1 aliphatic heterocycles. The molecule has 2 aromatic heterocycles. The van der Waals surface area contributed by atoms with Gasteiger partial charge in [-0.1, -0.05) is 0 Å². The Kier molecular flexibility index (Phi) is 4.78. The van der Waals surface area contributed by atoms with Crippen molar-refractivity contribution >= 4 is 11.9 Å². The number of carbonyl (C=O) groups is 1. The van der Waals surface area contributed by atoms with E-state index in [2.05, 4.69) is 19.9 Å². The highest BCUT2D eigenvalue weighted by Crippen LogP contribution is 2.26. The number of rotatable bonds is 3. The van der Waals surface area contributed by atoms with E-state index in [0.29, 0.717) is 13.1 Å². The van der Waals surface area contributed by atoms with Gasteiger partial charge in [0.2, 0.25) is 11.9 Å². The van der Waals surface area contributed by atoms with Gasteiger partial charge in [-0.15, -0.1) is 0 Å². The summed E-state index contributed by atoms with van der Waals surface area (Å²) in [6.45, 7) is 5.01. The topological polar surface area (TPSA) is 118 Å². The van der Waals surface area contributed by atoms with Crippen molar-refractivity contribution in [2.24, 2.45) is 0 Å². The number of nitrogens with one attached hydrogen (secondary N) is 1. The molecule has 132 valence electrons. The molecule has 3 N–H and O–H groups in total. The SMILES string of the molecule is Cc1nc(N)nc(C)c1CC(=O)N1CCC(c2cc(=O)[nH]cn2)CC1. The second-order valence-corrected chi connectivity index (χ2v) is 6.40. The minimum Gasteiger partial charge on any atom is -0.368 e. The number of hydrogen-bond acceptors (Lipinski definition) is 6. The number of aryl methyl sites for hydroxylation is 2.